The van der Waals surface area contributed by atoms with Gasteiger partial charge in [0.15, 0.2) is 0 Å². The Morgan fingerprint density at radius 2 is 2.08 bits per heavy atom. The Morgan fingerprint density at radius 1 is 1.33 bits per heavy atom. The lowest BCUT2D eigenvalue weighted by atomic mass is 9.83. The maximum Gasteiger partial charge on any atom is 0.0964 e. The number of nitrogens with one attached hydrogen (secondary N) is 1. The van der Waals surface area contributed by atoms with Gasteiger partial charge in [0.05, 0.1) is 11.7 Å². The molecule has 0 aliphatic carbocycles. The van der Waals surface area contributed by atoms with E-state index >= 15 is 0 Å². The molecule has 2 rings (SSSR count). The molecule has 3 heteroatoms. The molecule has 0 aromatic rings. The first-order valence-corrected chi connectivity index (χ1v) is 4.86. The molecule has 1 atom stereocenters. The Morgan fingerprint density at radius 3 is 2.75 bits per heavy atom. The molecule has 0 aromatic heterocycles. The van der Waals surface area contributed by atoms with E-state index in [9.17, 15) is 5.11 Å². The van der Waals surface area contributed by atoms with Crippen molar-refractivity contribution in [3.63, 3.8) is 0 Å². The summed E-state index contributed by atoms with van der Waals surface area (Å²) in [6.07, 6.45) is 3.63. The number of hydrogen-bond donors (Lipinski definition) is 2. The van der Waals surface area contributed by atoms with Gasteiger partial charge < -0.3 is 15.2 Å². The Hall–Kier alpha value is -0.120. The van der Waals surface area contributed by atoms with E-state index in [0.29, 0.717) is 0 Å². The van der Waals surface area contributed by atoms with Crippen LogP contribution in [0.4, 0.5) is 0 Å². The molecule has 0 amide bonds. The lowest BCUT2D eigenvalue weighted by molar-refractivity contribution is -0.166. The molecule has 0 bridgehead atoms. The number of ether oxygens (including phenoxy) is 1. The first-order chi connectivity index (χ1) is 5.83. The highest BCUT2D eigenvalue weighted by atomic mass is 16.5. The molecule has 2 aliphatic heterocycles. The minimum atomic E-state index is -0.228. The average Bonchev–Trinajstić information content (AvgIpc) is 2.12. The zero-order valence-corrected chi connectivity index (χ0v) is 7.38. The van der Waals surface area contributed by atoms with Gasteiger partial charge in [-0.15, -0.1) is 0 Å². The summed E-state index contributed by atoms with van der Waals surface area (Å²) in [5.74, 6) is 0. The summed E-state index contributed by atoms with van der Waals surface area (Å²) in [5.41, 5.74) is -0.191. The van der Waals surface area contributed by atoms with Crippen molar-refractivity contribution in [1.82, 2.24) is 5.32 Å². The van der Waals surface area contributed by atoms with Gasteiger partial charge >= 0.3 is 0 Å². The van der Waals surface area contributed by atoms with Crippen LogP contribution in [0.15, 0.2) is 0 Å². The molecule has 3 nitrogen and oxygen atoms in total. The van der Waals surface area contributed by atoms with Gasteiger partial charge in [-0.25, -0.2) is 0 Å². The molecule has 12 heavy (non-hydrogen) atoms. The number of aliphatic hydroxyl groups excluding tert-OH is 1. The van der Waals surface area contributed by atoms with Gasteiger partial charge in [0.2, 0.25) is 0 Å². The maximum absolute atomic E-state index is 9.83. The van der Waals surface area contributed by atoms with Gasteiger partial charge in [-0.3, -0.25) is 0 Å². The van der Waals surface area contributed by atoms with E-state index in [4.69, 9.17) is 4.74 Å². The summed E-state index contributed by atoms with van der Waals surface area (Å²) < 4.78 is 5.73. The number of piperidine rings is 1. The van der Waals surface area contributed by atoms with Crippen LogP contribution in [0.1, 0.15) is 25.7 Å². The molecule has 1 spiro atoms. The average molecular weight is 171 g/mol. The highest BCUT2D eigenvalue weighted by molar-refractivity contribution is 4.94. The molecule has 0 saturated carbocycles. The predicted molar refractivity (Wildman–Crippen MR) is 46.0 cm³/mol. The van der Waals surface area contributed by atoms with E-state index in [2.05, 4.69) is 5.32 Å². The highest BCUT2D eigenvalue weighted by Crippen LogP contribution is 2.32. The van der Waals surface area contributed by atoms with Crippen molar-refractivity contribution < 1.29 is 9.84 Å². The number of hydrogen-bond acceptors (Lipinski definition) is 3. The first-order valence-electron chi connectivity index (χ1n) is 4.86. The summed E-state index contributed by atoms with van der Waals surface area (Å²) in [5, 5.41) is 13.1. The molecule has 1 unspecified atom stereocenters. The largest absolute Gasteiger partial charge is 0.390 e. The second kappa shape index (κ2) is 3.32. The quantitative estimate of drug-likeness (QED) is 0.550. The smallest absolute Gasteiger partial charge is 0.0964 e. The van der Waals surface area contributed by atoms with Gasteiger partial charge in [0, 0.05) is 6.61 Å². The van der Waals surface area contributed by atoms with Crippen molar-refractivity contribution >= 4 is 0 Å². The van der Waals surface area contributed by atoms with Gasteiger partial charge in [-0.1, -0.05) is 0 Å². The fourth-order valence-corrected chi connectivity index (χ4v) is 2.24. The maximum atomic E-state index is 9.83. The van der Waals surface area contributed by atoms with Crippen molar-refractivity contribution in [3.8, 4) is 0 Å². The summed E-state index contributed by atoms with van der Waals surface area (Å²) in [6, 6.07) is 0. The van der Waals surface area contributed by atoms with Gasteiger partial charge in [0.1, 0.15) is 0 Å². The summed E-state index contributed by atoms with van der Waals surface area (Å²) in [7, 11) is 0. The van der Waals surface area contributed by atoms with Gasteiger partial charge in [-0.2, -0.15) is 0 Å². The summed E-state index contributed by atoms with van der Waals surface area (Å²) >= 11 is 0. The molecule has 0 aromatic carbocycles. The van der Waals surface area contributed by atoms with Crippen LogP contribution < -0.4 is 5.32 Å². The fourth-order valence-electron chi connectivity index (χ4n) is 2.24. The molecule has 0 radical (unpaired) electrons. The lowest BCUT2D eigenvalue weighted by Gasteiger charge is -2.44. The SMILES string of the molecule is OC1CCCOC12CCNCC2. The van der Waals surface area contributed by atoms with Crippen LogP contribution in [-0.4, -0.2) is 36.5 Å². The van der Waals surface area contributed by atoms with Crippen LogP contribution in [0.25, 0.3) is 0 Å². The fraction of sp³-hybridized carbons (Fsp3) is 1.00. The standard InChI is InChI=1S/C9H17NO2/c11-8-2-1-7-12-9(8)3-5-10-6-4-9/h8,10-11H,1-7H2. The molecule has 2 saturated heterocycles. The zero-order valence-electron chi connectivity index (χ0n) is 7.38. The molecular weight excluding hydrogens is 154 g/mol. The lowest BCUT2D eigenvalue weighted by Crippen LogP contribution is -2.54. The first kappa shape index (κ1) is 8.48. The minimum Gasteiger partial charge on any atom is -0.390 e. The Bertz CT molecular complexity index is 146. The van der Waals surface area contributed by atoms with Crippen molar-refractivity contribution in [1.29, 1.82) is 0 Å². The third-order valence-electron chi connectivity index (χ3n) is 3.07. The highest BCUT2D eigenvalue weighted by Gasteiger charge is 2.41. The third-order valence-corrected chi connectivity index (χ3v) is 3.07. The van der Waals surface area contributed by atoms with E-state index in [1.165, 1.54) is 0 Å². The monoisotopic (exact) mass is 171 g/mol. The second-order valence-electron chi connectivity index (χ2n) is 3.82. The van der Waals surface area contributed by atoms with Crippen molar-refractivity contribution in [2.24, 2.45) is 0 Å². The van der Waals surface area contributed by atoms with E-state index in [1.807, 2.05) is 0 Å². The van der Waals surface area contributed by atoms with Gasteiger partial charge in [-0.05, 0) is 38.8 Å². The van der Waals surface area contributed by atoms with Crippen LogP contribution in [0.3, 0.4) is 0 Å². The van der Waals surface area contributed by atoms with Crippen LogP contribution in [0.2, 0.25) is 0 Å². The summed E-state index contributed by atoms with van der Waals surface area (Å²) in [6.45, 7) is 2.80. The van der Waals surface area contributed by atoms with Crippen LogP contribution in [0.5, 0.6) is 0 Å². The van der Waals surface area contributed by atoms with Crippen molar-refractivity contribution in [3.05, 3.63) is 0 Å². The van der Waals surface area contributed by atoms with E-state index in [-0.39, 0.29) is 11.7 Å². The number of rotatable bonds is 0. The van der Waals surface area contributed by atoms with Crippen LogP contribution in [-0.2, 0) is 4.74 Å². The Balaban J connectivity index is 2.04. The molecular formula is C9H17NO2. The Labute approximate surface area is 73.1 Å². The topological polar surface area (TPSA) is 41.5 Å². The molecule has 70 valence electrons. The molecule has 2 heterocycles. The van der Waals surface area contributed by atoms with Crippen LogP contribution >= 0.6 is 0 Å². The molecule has 2 fully saturated rings. The normalized spacial score (nSPS) is 35.2. The molecule has 2 N–H and O–H groups in total. The van der Waals surface area contributed by atoms with Crippen molar-refractivity contribution in [2.45, 2.75) is 37.4 Å². The zero-order chi connectivity index (χ0) is 8.44. The molecule has 2 aliphatic rings. The van der Waals surface area contributed by atoms with E-state index < -0.39 is 0 Å². The third kappa shape index (κ3) is 1.37. The second-order valence-corrected chi connectivity index (χ2v) is 3.82. The Kier molecular flexibility index (Phi) is 2.35. The van der Waals surface area contributed by atoms with E-state index in [1.54, 1.807) is 0 Å². The van der Waals surface area contributed by atoms with E-state index in [0.717, 1.165) is 45.4 Å². The predicted octanol–water partition coefficient (Wildman–Crippen LogP) is 0.280. The van der Waals surface area contributed by atoms with Crippen LogP contribution in [0, 0.1) is 0 Å². The van der Waals surface area contributed by atoms with Crippen molar-refractivity contribution in [2.75, 3.05) is 19.7 Å². The van der Waals surface area contributed by atoms with Gasteiger partial charge in [0.25, 0.3) is 0 Å². The summed E-state index contributed by atoms with van der Waals surface area (Å²) in [4.78, 5) is 0. The minimum absolute atomic E-state index is 0.191. The number of aliphatic hydroxyl groups is 1.